The summed E-state index contributed by atoms with van der Waals surface area (Å²) in [6.07, 6.45) is 1.54. The highest BCUT2D eigenvalue weighted by Gasteiger charge is 2.30. The number of nitrogens with two attached hydrogens (primary N) is 1. The Labute approximate surface area is 143 Å². The summed E-state index contributed by atoms with van der Waals surface area (Å²) in [6, 6.07) is 6.54. The Kier molecular flexibility index (Phi) is 8.86. The third kappa shape index (κ3) is 6.37. The molecule has 1 unspecified atom stereocenters. The van der Waals surface area contributed by atoms with Crippen LogP contribution in [0.25, 0.3) is 0 Å². The molecule has 1 fully saturated rings. The molecule has 0 radical (unpaired) electrons. The van der Waals surface area contributed by atoms with E-state index in [1.807, 2.05) is 0 Å². The van der Waals surface area contributed by atoms with Crippen LogP contribution in [0.15, 0.2) is 29.2 Å². The van der Waals surface area contributed by atoms with Gasteiger partial charge in [0.25, 0.3) is 0 Å². The Balaban J connectivity index is 0.00000220. The fraction of sp³-hybridized carbons (Fsp3) is 0.538. The molecule has 5 N–H and O–H groups in total. The predicted octanol–water partition coefficient (Wildman–Crippen LogP) is 0.0341. The number of hydrogen-bond acceptors (Lipinski definition) is 5. The summed E-state index contributed by atoms with van der Waals surface area (Å²) >= 11 is 0. The minimum Gasteiger partial charge on any atom is -0.387 e. The second-order valence-corrected chi connectivity index (χ2v) is 6.83. The molecule has 1 aliphatic heterocycles. The standard InChI is InChI=1S/C13H21N3O3S.2ClH/c14-20(18,19)12-3-1-11(2-4-12)5-7-15-9-13(17)6-8-16-10-13;;/h1-4,15-17H,5-10H2,(H2,14,18,19);2*1H. The lowest BCUT2D eigenvalue weighted by Crippen LogP contribution is -2.42. The molecule has 22 heavy (non-hydrogen) atoms. The first kappa shape index (κ1) is 21.6. The number of aliphatic hydroxyl groups is 1. The molecule has 0 bridgehead atoms. The summed E-state index contributed by atoms with van der Waals surface area (Å²) in [7, 11) is -3.62. The van der Waals surface area contributed by atoms with E-state index in [0.717, 1.165) is 31.5 Å². The van der Waals surface area contributed by atoms with E-state index in [9.17, 15) is 13.5 Å². The van der Waals surface area contributed by atoms with E-state index in [1.54, 1.807) is 12.1 Å². The van der Waals surface area contributed by atoms with E-state index in [0.29, 0.717) is 13.1 Å². The van der Waals surface area contributed by atoms with Gasteiger partial charge in [0.1, 0.15) is 0 Å². The van der Waals surface area contributed by atoms with E-state index >= 15 is 0 Å². The molecule has 0 aliphatic carbocycles. The fourth-order valence-electron chi connectivity index (χ4n) is 2.28. The molecule has 1 saturated heterocycles. The zero-order valence-corrected chi connectivity index (χ0v) is 14.6. The first-order valence-corrected chi connectivity index (χ1v) is 8.19. The lowest BCUT2D eigenvalue weighted by molar-refractivity contribution is 0.0615. The van der Waals surface area contributed by atoms with Gasteiger partial charge in [-0.1, -0.05) is 12.1 Å². The summed E-state index contributed by atoms with van der Waals surface area (Å²) in [6.45, 7) is 2.78. The van der Waals surface area contributed by atoms with Crippen LogP contribution >= 0.6 is 24.8 Å². The Morgan fingerprint density at radius 1 is 1.27 bits per heavy atom. The molecule has 6 nitrogen and oxygen atoms in total. The van der Waals surface area contributed by atoms with Crippen molar-refractivity contribution in [1.29, 1.82) is 0 Å². The number of hydrogen-bond donors (Lipinski definition) is 4. The van der Waals surface area contributed by atoms with Crippen LogP contribution < -0.4 is 15.8 Å². The van der Waals surface area contributed by atoms with Crippen LogP contribution in [-0.2, 0) is 16.4 Å². The van der Waals surface area contributed by atoms with Crippen LogP contribution in [0, 0.1) is 0 Å². The monoisotopic (exact) mass is 371 g/mol. The van der Waals surface area contributed by atoms with Crippen molar-refractivity contribution in [2.75, 3.05) is 26.2 Å². The van der Waals surface area contributed by atoms with Crippen molar-refractivity contribution in [2.45, 2.75) is 23.3 Å². The van der Waals surface area contributed by atoms with Crippen molar-refractivity contribution >= 4 is 34.8 Å². The molecule has 2 rings (SSSR count). The third-order valence-corrected chi connectivity index (χ3v) is 4.45. The zero-order chi connectivity index (χ0) is 14.6. The molecule has 128 valence electrons. The maximum absolute atomic E-state index is 11.1. The molecule has 1 aliphatic rings. The van der Waals surface area contributed by atoms with Crippen LogP contribution in [0.3, 0.4) is 0 Å². The first-order chi connectivity index (χ1) is 9.39. The van der Waals surface area contributed by atoms with Crippen LogP contribution in [0.2, 0.25) is 0 Å². The van der Waals surface area contributed by atoms with Gasteiger partial charge in [0.15, 0.2) is 0 Å². The molecular formula is C13H23Cl2N3O3S. The average molecular weight is 372 g/mol. The molecule has 0 amide bonds. The van der Waals surface area contributed by atoms with Gasteiger partial charge in [-0.3, -0.25) is 0 Å². The van der Waals surface area contributed by atoms with E-state index in [4.69, 9.17) is 5.14 Å². The second-order valence-electron chi connectivity index (χ2n) is 5.27. The highest BCUT2D eigenvalue weighted by atomic mass is 35.5. The van der Waals surface area contributed by atoms with E-state index in [-0.39, 0.29) is 29.7 Å². The van der Waals surface area contributed by atoms with Gasteiger partial charge in [-0.15, -0.1) is 24.8 Å². The minimum absolute atomic E-state index is 0. The number of halogens is 2. The molecule has 1 heterocycles. The largest absolute Gasteiger partial charge is 0.387 e. The van der Waals surface area contributed by atoms with E-state index in [2.05, 4.69) is 10.6 Å². The summed E-state index contributed by atoms with van der Waals surface area (Å²) < 4.78 is 22.2. The summed E-state index contributed by atoms with van der Waals surface area (Å²) in [5, 5.41) is 21.5. The van der Waals surface area contributed by atoms with Crippen LogP contribution in [0.4, 0.5) is 0 Å². The van der Waals surface area contributed by atoms with Gasteiger partial charge in [-0.25, -0.2) is 13.6 Å². The highest BCUT2D eigenvalue weighted by Crippen LogP contribution is 2.12. The number of rotatable bonds is 6. The number of benzene rings is 1. The maximum atomic E-state index is 11.1. The SMILES string of the molecule is Cl.Cl.NS(=O)(=O)c1ccc(CCNCC2(O)CCNC2)cc1. The average Bonchev–Trinajstić information content (AvgIpc) is 2.82. The molecular weight excluding hydrogens is 349 g/mol. The van der Waals surface area contributed by atoms with Gasteiger partial charge in [0, 0.05) is 13.1 Å². The Hall–Kier alpha value is -0.410. The number of nitrogens with one attached hydrogen (secondary N) is 2. The summed E-state index contributed by atoms with van der Waals surface area (Å²) in [5.41, 5.74) is 0.388. The Morgan fingerprint density at radius 2 is 1.91 bits per heavy atom. The van der Waals surface area contributed by atoms with Gasteiger partial charge < -0.3 is 15.7 Å². The van der Waals surface area contributed by atoms with Gasteiger partial charge in [-0.05, 0) is 43.6 Å². The molecule has 9 heteroatoms. The van der Waals surface area contributed by atoms with E-state index < -0.39 is 15.6 Å². The number of sulfonamides is 1. The summed E-state index contributed by atoms with van der Waals surface area (Å²) in [4.78, 5) is 0.126. The number of β-amino-alcohol motifs (C(OH)–C–C–N with tert-alkyl or cyclic N) is 1. The lowest BCUT2D eigenvalue weighted by atomic mass is 10.0. The van der Waals surface area contributed by atoms with Crippen molar-refractivity contribution in [3.05, 3.63) is 29.8 Å². The quantitative estimate of drug-likeness (QED) is 0.528. The topological polar surface area (TPSA) is 104 Å². The van der Waals surface area contributed by atoms with Crippen molar-refractivity contribution < 1.29 is 13.5 Å². The van der Waals surface area contributed by atoms with Gasteiger partial charge in [0.05, 0.1) is 10.5 Å². The van der Waals surface area contributed by atoms with Crippen molar-refractivity contribution in [3.63, 3.8) is 0 Å². The minimum atomic E-state index is -3.62. The Bertz CT molecular complexity index is 546. The number of primary sulfonamides is 1. The smallest absolute Gasteiger partial charge is 0.238 e. The third-order valence-electron chi connectivity index (χ3n) is 3.52. The predicted molar refractivity (Wildman–Crippen MR) is 91.3 cm³/mol. The highest BCUT2D eigenvalue weighted by molar-refractivity contribution is 7.89. The van der Waals surface area contributed by atoms with Gasteiger partial charge in [-0.2, -0.15) is 0 Å². The van der Waals surface area contributed by atoms with Crippen molar-refractivity contribution in [2.24, 2.45) is 5.14 Å². The first-order valence-electron chi connectivity index (χ1n) is 6.65. The van der Waals surface area contributed by atoms with Gasteiger partial charge >= 0.3 is 0 Å². The van der Waals surface area contributed by atoms with E-state index in [1.165, 1.54) is 12.1 Å². The van der Waals surface area contributed by atoms with Crippen LogP contribution in [-0.4, -0.2) is 45.3 Å². The molecule has 0 aromatic heterocycles. The molecule has 1 atom stereocenters. The normalized spacial score (nSPS) is 21.0. The maximum Gasteiger partial charge on any atom is 0.238 e. The van der Waals surface area contributed by atoms with Crippen molar-refractivity contribution in [3.8, 4) is 0 Å². The molecule has 1 aromatic carbocycles. The second kappa shape index (κ2) is 9.02. The summed E-state index contributed by atoms with van der Waals surface area (Å²) in [5.74, 6) is 0. The van der Waals surface area contributed by atoms with Crippen LogP contribution in [0.5, 0.6) is 0 Å². The zero-order valence-electron chi connectivity index (χ0n) is 12.1. The molecule has 0 saturated carbocycles. The molecule has 0 spiro atoms. The lowest BCUT2D eigenvalue weighted by Gasteiger charge is -2.21. The molecule has 1 aromatic rings. The fourth-order valence-corrected chi connectivity index (χ4v) is 2.80. The Morgan fingerprint density at radius 3 is 2.41 bits per heavy atom. The van der Waals surface area contributed by atoms with Gasteiger partial charge in [0.2, 0.25) is 10.0 Å². The van der Waals surface area contributed by atoms with Crippen LogP contribution in [0.1, 0.15) is 12.0 Å². The van der Waals surface area contributed by atoms with Crippen molar-refractivity contribution in [1.82, 2.24) is 10.6 Å².